The Kier molecular flexibility index (Phi) is 5.56. The highest BCUT2D eigenvalue weighted by molar-refractivity contribution is 6.12. The number of amides is 2. The van der Waals surface area contributed by atoms with Crippen molar-refractivity contribution in [3.05, 3.63) is 60.0 Å². The molecule has 2 amide bonds. The highest BCUT2D eigenvalue weighted by Crippen LogP contribution is 2.35. The summed E-state index contributed by atoms with van der Waals surface area (Å²) in [4.78, 5) is 29.2. The van der Waals surface area contributed by atoms with E-state index in [4.69, 9.17) is 4.42 Å². The van der Waals surface area contributed by atoms with Gasteiger partial charge in [0.2, 0.25) is 5.91 Å². The lowest BCUT2D eigenvalue weighted by molar-refractivity contribution is -0.127. The second-order valence-corrected chi connectivity index (χ2v) is 9.29. The molecule has 0 bridgehead atoms. The molecule has 0 saturated heterocycles. The largest absolute Gasteiger partial charge is 0.463 e. The summed E-state index contributed by atoms with van der Waals surface area (Å²) >= 11 is 0. The summed E-state index contributed by atoms with van der Waals surface area (Å²) in [5.41, 5.74) is 1.82. The fraction of sp³-hybridized carbons (Fsp3) is 0.423. The fourth-order valence-corrected chi connectivity index (χ4v) is 5.00. The van der Waals surface area contributed by atoms with Gasteiger partial charge in [-0.1, -0.05) is 38.3 Å². The van der Waals surface area contributed by atoms with E-state index < -0.39 is 5.54 Å². The van der Waals surface area contributed by atoms with Crippen molar-refractivity contribution in [2.24, 2.45) is 0 Å². The highest BCUT2D eigenvalue weighted by Gasteiger charge is 2.49. The van der Waals surface area contributed by atoms with Crippen LogP contribution in [0, 0.1) is 0 Å². The van der Waals surface area contributed by atoms with Gasteiger partial charge in [0, 0.05) is 17.8 Å². The third-order valence-corrected chi connectivity index (χ3v) is 6.96. The summed E-state index contributed by atoms with van der Waals surface area (Å²) in [6, 6.07) is 13.4. The molecule has 172 valence electrons. The van der Waals surface area contributed by atoms with E-state index in [-0.39, 0.29) is 24.4 Å². The van der Waals surface area contributed by atoms with Gasteiger partial charge in [-0.2, -0.15) is 5.10 Å². The van der Waals surface area contributed by atoms with Crippen LogP contribution in [0.4, 0.5) is 5.69 Å². The topological polar surface area (TPSA) is 80.4 Å². The third-order valence-electron chi connectivity index (χ3n) is 6.96. The summed E-state index contributed by atoms with van der Waals surface area (Å²) in [6.07, 6.45) is 7.92. The van der Waals surface area contributed by atoms with E-state index in [1.807, 2.05) is 37.3 Å². The summed E-state index contributed by atoms with van der Waals surface area (Å²) in [5.74, 6) is 0.219. The number of benzene rings is 1. The van der Waals surface area contributed by atoms with Crippen LogP contribution in [0.5, 0.6) is 0 Å². The Morgan fingerprint density at radius 1 is 1.18 bits per heavy atom. The quantitative estimate of drug-likeness (QED) is 0.622. The fourth-order valence-electron chi connectivity index (χ4n) is 5.00. The highest BCUT2D eigenvalue weighted by atomic mass is 16.3. The van der Waals surface area contributed by atoms with Crippen molar-refractivity contribution in [2.45, 2.75) is 70.5 Å². The molecule has 1 fully saturated rings. The number of rotatable bonds is 5. The van der Waals surface area contributed by atoms with E-state index in [1.54, 1.807) is 28.0 Å². The lowest BCUT2D eigenvalue weighted by atomic mass is 9.91. The molecule has 1 unspecified atom stereocenters. The first-order valence-electron chi connectivity index (χ1n) is 11.9. The first-order chi connectivity index (χ1) is 16.0. The minimum Gasteiger partial charge on any atom is -0.463 e. The van der Waals surface area contributed by atoms with Gasteiger partial charge in [-0.05, 0) is 56.0 Å². The van der Waals surface area contributed by atoms with Gasteiger partial charge in [-0.15, -0.1) is 0 Å². The summed E-state index contributed by atoms with van der Waals surface area (Å²) in [7, 11) is 0. The van der Waals surface area contributed by atoms with Crippen molar-refractivity contribution in [1.82, 2.24) is 15.1 Å². The van der Waals surface area contributed by atoms with E-state index >= 15 is 0 Å². The summed E-state index contributed by atoms with van der Waals surface area (Å²) in [5, 5.41) is 7.86. The Labute approximate surface area is 193 Å². The Morgan fingerprint density at radius 2 is 1.94 bits per heavy atom. The molecule has 1 saturated carbocycles. The lowest BCUT2D eigenvalue weighted by Gasteiger charge is -2.44. The average molecular weight is 447 g/mol. The number of furan rings is 1. The van der Waals surface area contributed by atoms with Crippen LogP contribution in [0.2, 0.25) is 0 Å². The monoisotopic (exact) mass is 446 g/mol. The lowest BCUT2D eigenvalue weighted by Crippen LogP contribution is -2.65. The second-order valence-electron chi connectivity index (χ2n) is 9.29. The molecule has 7 nitrogen and oxygen atoms in total. The molecule has 1 N–H and O–H groups in total. The molecule has 1 aliphatic heterocycles. The van der Waals surface area contributed by atoms with Crippen LogP contribution in [-0.2, 0) is 17.8 Å². The van der Waals surface area contributed by atoms with Crippen LogP contribution in [-0.4, -0.2) is 33.2 Å². The number of nitrogens with zero attached hydrogens (tertiary/aromatic N) is 3. The molecule has 7 heteroatoms. The Morgan fingerprint density at radius 3 is 2.61 bits per heavy atom. The molecule has 1 atom stereocenters. The zero-order valence-electron chi connectivity index (χ0n) is 19.2. The summed E-state index contributed by atoms with van der Waals surface area (Å²) < 4.78 is 7.14. The first kappa shape index (κ1) is 21.5. The van der Waals surface area contributed by atoms with Crippen molar-refractivity contribution >= 4 is 17.5 Å². The number of aryl methyl sites for hydroxylation is 1. The van der Waals surface area contributed by atoms with Crippen LogP contribution in [0.25, 0.3) is 11.5 Å². The zero-order chi connectivity index (χ0) is 23.0. The molecule has 0 radical (unpaired) electrons. The number of aromatic nitrogens is 2. The zero-order valence-corrected chi connectivity index (χ0v) is 19.2. The van der Waals surface area contributed by atoms with Gasteiger partial charge >= 0.3 is 0 Å². The SMILES string of the molecule is CCc1ccc(N2C(=O)c3cc(-c4ccco4)nn3CC2(C)C(=O)NC2CCCCC2)cc1. The number of anilines is 1. The normalized spacial score (nSPS) is 21.2. The van der Waals surface area contributed by atoms with Gasteiger partial charge in [-0.25, -0.2) is 0 Å². The maximum Gasteiger partial charge on any atom is 0.277 e. The van der Waals surface area contributed by atoms with Gasteiger partial charge in [-0.3, -0.25) is 19.2 Å². The molecular weight excluding hydrogens is 416 g/mol. The Balaban J connectivity index is 1.55. The van der Waals surface area contributed by atoms with E-state index in [1.165, 1.54) is 12.0 Å². The predicted molar refractivity (Wildman–Crippen MR) is 126 cm³/mol. The number of fused-ring (bicyclic) bond motifs is 1. The van der Waals surface area contributed by atoms with Crippen molar-refractivity contribution in [1.29, 1.82) is 0 Å². The molecule has 3 heterocycles. The minimum absolute atomic E-state index is 0.136. The number of hydrogen-bond acceptors (Lipinski definition) is 4. The van der Waals surface area contributed by atoms with E-state index in [2.05, 4.69) is 17.3 Å². The molecule has 1 aromatic carbocycles. The van der Waals surface area contributed by atoms with E-state index in [0.29, 0.717) is 22.8 Å². The Bertz CT molecular complexity index is 1140. The minimum atomic E-state index is -1.11. The van der Waals surface area contributed by atoms with Crippen LogP contribution in [0.15, 0.2) is 53.1 Å². The third kappa shape index (κ3) is 3.86. The Hall–Kier alpha value is -3.35. The maximum absolute atomic E-state index is 13.8. The van der Waals surface area contributed by atoms with Crippen LogP contribution >= 0.6 is 0 Å². The van der Waals surface area contributed by atoms with Crippen molar-refractivity contribution in [3.8, 4) is 11.5 Å². The van der Waals surface area contributed by atoms with Crippen LogP contribution in [0.3, 0.4) is 0 Å². The van der Waals surface area contributed by atoms with Gasteiger partial charge < -0.3 is 9.73 Å². The first-order valence-corrected chi connectivity index (χ1v) is 11.9. The smallest absolute Gasteiger partial charge is 0.277 e. The molecule has 2 aromatic heterocycles. The molecule has 0 spiro atoms. The average Bonchev–Trinajstić information content (AvgIpc) is 3.50. The molecule has 33 heavy (non-hydrogen) atoms. The van der Waals surface area contributed by atoms with Gasteiger partial charge in [0.25, 0.3) is 5.91 Å². The predicted octanol–water partition coefficient (Wildman–Crippen LogP) is 4.57. The van der Waals surface area contributed by atoms with Gasteiger partial charge in [0.1, 0.15) is 16.9 Å². The summed E-state index contributed by atoms with van der Waals surface area (Å²) in [6.45, 7) is 4.20. The number of nitrogens with one attached hydrogen (secondary N) is 1. The van der Waals surface area contributed by atoms with Crippen molar-refractivity contribution in [3.63, 3.8) is 0 Å². The molecule has 3 aromatic rings. The van der Waals surface area contributed by atoms with Crippen molar-refractivity contribution in [2.75, 3.05) is 4.90 Å². The second kappa shape index (κ2) is 8.54. The van der Waals surface area contributed by atoms with E-state index in [9.17, 15) is 9.59 Å². The molecule has 2 aliphatic rings. The van der Waals surface area contributed by atoms with Crippen molar-refractivity contribution < 1.29 is 14.0 Å². The van der Waals surface area contributed by atoms with Gasteiger partial charge in [0.05, 0.1) is 12.8 Å². The van der Waals surface area contributed by atoms with Crippen LogP contribution < -0.4 is 10.2 Å². The molecule has 1 aliphatic carbocycles. The van der Waals surface area contributed by atoms with Crippen LogP contribution in [0.1, 0.15) is 62.0 Å². The molecular formula is C26H30N4O3. The van der Waals surface area contributed by atoms with E-state index in [0.717, 1.165) is 32.1 Å². The number of carbonyl (C=O) groups is 2. The van der Waals surface area contributed by atoms with Gasteiger partial charge in [0.15, 0.2) is 5.76 Å². The maximum atomic E-state index is 13.8. The number of carbonyl (C=O) groups excluding carboxylic acids is 2. The number of hydrogen-bond donors (Lipinski definition) is 1. The molecule has 5 rings (SSSR count). The standard InChI is InChI=1S/C26H30N4O3/c1-3-18-11-13-20(14-12-18)30-24(31)22-16-21(23-10-7-15-33-23)28-29(22)17-26(30,2)25(32)27-19-8-5-4-6-9-19/h7,10-16,19H,3-6,8-9,17H2,1-2H3,(H,27,32).